The number of nitrogens with two attached hydrogens (primary N) is 1. The SMILES string of the molecule is C[C@H](NCC(=O)N(CC(=O)N(CC(=O)N(CC(=O)N(CC(=O)N(CC(=O)N(CC(N)=O)[C@@H](C)c1ccccc1)[C@@H](C)c1ccccc1)[C@@H](C)c1ccccc1)[C@@H](C)c1ccccc1)C1CC(C)(C)N(O)C(C)(C)C1)[C@@H](C)c1ccccc1)c1ccccc1. The van der Waals surface area contributed by atoms with E-state index < -0.39 is 122 Å². The fourth-order valence-electron chi connectivity index (χ4n) is 12.2. The zero-order valence-electron chi connectivity index (χ0n) is 52.7. The van der Waals surface area contributed by atoms with Gasteiger partial charge in [0.1, 0.15) is 32.7 Å². The molecule has 7 amide bonds. The minimum atomic E-state index is -0.872. The number of carbonyl (C=O) groups excluding carboxylic acids is 7. The van der Waals surface area contributed by atoms with Gasteiger partial charge in [0.15, 0.2) is 0 Å². The predicted octanol–water partition coefficient (Wildman–Crippen LogP) is 10.0. The van der Waals surface area contributed by atoms with Crippen LogP contribution >= 0.6 is 0 Å². The number of rotatable bonds is 27. The Morgan fingerprint density at radius 1 is 0.409 bits per heavy atom. The highest BCUT2D eigenvalue weighted by Crippen LogP contribution is 2.39. The smallest absolute Gasteiger partial charge is 0.243 e. The lowest BCUT2D eigenvalue weighted by Gasteiger charge is -2.53. The van der Waals surface area contributed by atoms with E-state index in [9.17, 15) is 19.6 Å². The van der Waals surface area contributed by atoms with Gasteiger partial charge in [-0.25, -0.2) is 0 Å². The fourth-order valence-corrected chi connectivity index (χ4v) is 12.2. The zero-order valence-corrected chi connectivity index (χ0v) is 52.7. The normalized spacial score (nSPS) is 15.9. The lowest BCUT2D eigenvalue weighted by molar-refractivity contribution is -0.251. The van der Waals surface area contributed by atoms with Crippen LogP contribution < -0.4 is 11.1 Å². The third-order valence-corrected chi connectivity index (χ3v) is 17.4. The van der Waals surface area contributed by atoms with Crippen molar-refractivity contribution in [1.29, 1.82) is 0 Å². The molecule has 6 aromatic rings. The summed E-state index contributed by atoms with van der Waals surface area (Å²) in [7, 11) is 0. The summed E-state index contributed by atoms with van der Waals surface area (Å²) >= 11 is 0. The van der Waals surface area contributed by atoms with Gasteiger partial charge in [-0.05, 0) is 115 Å². The molecule has 1 aliphatic rings. The van der Waals surface area contributed by atoms with Crippen molar-refractivity contribution in [1.82, 2.24) is 39.8 Å². The fraction of sp³-hybridized carbons (Fsp3) is 0.394. The van der Waals surface area contributed by atoms with Gasteiger partial charge in [-0.2, -0.15) is 5.06 Å². The molecule has 0 saturated carbocycles. The molecule has 0 spiro atoms. The summed E-state index contributed by atoms with van der Waals surface area (Å²) in [6.07, 6.45) is 0.515. The number of primary amides is 1. The summed E-state index contributed by atoms with van der Waals surface area (Å²) in [4.78, 5) is 113. The van der Waals surface area contributed by atoms with Crippen molar-refractivity contribution >= 4 is 41.4 Å². The van der Waals surface area contributed by atoms with Gasteiger partial charge in [0.05, 0.1) is 43.3 Å². The molecule has 6 atom stereocenters. The van der Waals surface area contributed by atoms with Crippen molar-refractivity contribution < 1.29 is 38.8 Å². The van der Waals surface area contributed by atoms with Crippen LogP contribution in [0, 0.1) is 0 Å². The average Bonchev–Trinajstić information content (AvgIpc) is 1.23. The molecule has 0 unspecified atom stereocenters. The van der Waals surface area contributed by atoms with E-state index in [0.717, 1.165) is 22.3 Å². The minimum absolute atomic E-state index is 0.0896. The molecule has 0 aromatic heterocycles. The van der Waals surface area contributed by atoms with Crippen molar-refractivity contribution in [2.75, 3.05) is 45.8 Å². The molecule has 0 radical (unpaired) electrons. The molecule has 1 heterocycles. The number of amides is 7. The molecule has 17 heteroatoms. The van der Waals surface area contributed by atoms with Crippen molar-refractivity contribution in [3.8, 4) is 0 Å². The van der Waals surface area contributed by atoms with Gasteiger partial charge in [-0.3, -0.25) is 33.6 Å². The quantitative estimate of drug-likeness (QED) is 0.0446. The van der Waals surface area contributed by atoms with Crippen LogP contribution in [-0.4, -0.2) is 144 Å². The van der Waals surface area contributed by atoms with Crippen LogP contribution in [0.4, 0.5) is 0 Å². The van der Waals surface area contributed by atoms with E-state index >= 15 is 19.2 Å². The van der Waals surface area contributed by atoms with Gasteiger partial charge in [0.25, 0.3) is 0 Å². The van der Waals surface area contributed by atoms with E-state index in [-0.39, 0.29) is 31.3 Å². The summed E-state index contributed by atoms with van der Waals surface area (Å²) < 4.78 is 0. The number of hydroxylamine groups is 2. The van der Waals surface area contributed by atoms with Crippen LogP contribution in [0.5, 0.6) is 0 Å². The Morgan fingerprint density at radius 2 is 0.659 bits per heavy atom. The first-order chi connectivity index (χ1) is 41.9. The largest absolute Gasteiger partial charge is 0.368 e. The lowest BCUT2D eigenvalue weighted by Crippen LogP contribution is -2.65. The number of nitrogens with one attached hydrogen (secondary N) is 1. The Kier molecular flexibility index (Phi) is 23.2. The van der Waals surface area contributed by atoms with E-state index in [1.807, 2.05) is 230 Å². The summed E-state index contributed by atoms with van der Waals surface area (Å²) in [5.74, 6) is -3.84. The number of carbonyl (C=O) groups is 7. The van der Waals surface area contributed by atoms with E-state index in [1.54, 1.807) is 25.7 Å². The maximum Gasteiger partial charge on any atom is 0.243 e. The average molecular weight is 1200 g/mol. The Balaban J connectivity index is 1.26. The highest BCUT2D eigenvalue weighted by molar-refractivity contribution is 5.93. The molecule has 6 aromatic carbocycles. The van der Waals surface area contributed by atoms with E-state index in [1.165, 1.54) is 29.6 Å². The van der Waals surface area contributed by atoms with Crippen LogP contribution in [0.25, 0.3) is 0 Å². The van der Waals surface area contributed by atoms with Gasteiger partial charge in [-0.1, -0.05) is 182 Å². The Labute approximate surface area is 520 Å². The van der Waals surface area contributed by atoms with Crippen LogP contribution in [0.15, 0.2) is 182 Å². The number of hydrogen-bond donors (Lipinski definition) is 3. The third-order valence-electron chi connectivity index (χ3n) is 17.4. The van der Waals surface area contributed by atoms with Gasteiger partial charge >= 0.3 is 0 Å². The molecular weight excluding hydrogens is 1110 g/mol. The lowest BCUT2D eigenvalue weighted by atomic mass is 9.78. The molecule has 466 valence electrons. The molecule has 1 saturated heterocycles. The molecule has 88 heavy (non-hydrogen) atoms. The number of benzene rings is 6. The first-order valence-corrected chi connectivity index (χ1v) is 30.5. The Morgan fingerprint density at radius 3 is 0.955 bits per heavy atom. The van der Waals surface area contributed by atoms with Crippen LogP contribution in [0.2, 0.25) is 0 Å². The van der Waals surface area contributed by atoms with Crippen LogP contribution in [-0.2, 0) is 33.6 Å². The van der Waals surface area contributed by atoms with Gasteiger partial charge in [-0.15, -0.1) is 0 Å². The highest BCUT2D eigenvalue weighted by atomic mass is 16.5. The van der Waals surface area contributed by atoms with Crippen LogP contribution in [0.1, 0.15) is 152 Å². The van der Waals surface area contributed by atoms with E-state index in [2.05, 4.69) is 5.32 Å². The molecule has 0 aliphatic carbocycles. The second-order valence-electron chi connectivity index (χ2n) is 24.5. The van der Waals surface area contributed by atoms with E-state index in [0.29, 0.717) is 11.1 Å². The maximum absolute atomic E-state index is 15.8. The third kappa shape index (κ3) is 17.2. The monoisotopic (exact) mass is 1200 g/mol. The summed E-state index contributed by atoms with van der Waals surface area (Å²) in [6, 6.07) is 51.9. The highest BCUT2D eigenvalue weighted by Gasteiger charge is 2.48. The topological polar surface area (TPSA) is 200 Å². The molecule has 7 rings (SSSR count). The minimum Gasteiger partial charge on any atom is -0.368 e. The maximum atomic E-state index is 15.8. The Bertz CT molecular complexity index is 3250. The molecule has 0 bridgehead atoms. The molecule has 1 aliphatic heterocycles. The zero-order chi connectivity index (χ0) is 63.9. The summed E-state index contributed by atoms with van der Waals surface area (Å²) in [6.45, 7) is 15.6. The standard InChI is InChI=1S/C71H89N9O8/c1-50(56-29-17-11-18-30-56)73-43-64(82)75(52(3)58-33-21-13-22-34-58)48-69(87)79(62-41-70(7,8)80(88)71(9,10)42-62)49-68(86)78(55(6)61-39-27-16-28-40-61)47-67(85)77(54(5)60-37-25-15-26-38-60)46-66(84)76(53(4)59-35-23-14-24-36-59)45-65(83)74(44-63(72)81)51(2)57-31-19-12-20-32-57/h11-40,50-55,62,73,88H,41-49H2,1-10H3,(H2,72,81)/t50-,51-,52-,53-,54-,55-/m0/s1. The summed E-state index contributed by atoms with van der Waals surface area (Å²) in [5.41, 5.74) is 8.69. The van der Waals surface area contributed by atoms with E-state index in [4.69, 9.17) is 5.73 Å². The van der Waals surface area contributed by atoms with Crippen molar-refractivity contribution in [3.05, 3.63) is 215 Å². The summed E-state index contributed by atoms with van der Waals surface area (Å²) in [5, 5.41) is 16.3. The number of nitrogens with zero attached hydrogens (tertiary/aromatic N) is 7. The first kappa shape index (κ1) is 67.0. The van der Waals surface area contributed by atoms with Crippen molar-refractivity contribution in [2.45, 2.75) is 135 Å². The van der Waals surface area contributed by atoms with Crippen molar-refractivity contribution in [2.24, 2.45) is 5.73 Å². The molecular formula is C71H89N9O8. The first-order valence-electron chi connectivity index (χ1n) is 30.5. The number of piperidine rings is 1. The predicted molar refractivity (Wildman–Crippen MR) is 341 cm³/mol. The molecule has 1 fully saturated rings. The Hall–Kier alpha value is -8.51. The van der Waals surface area contributed by atoms with Crippen LogP contribution in [0.3, 0.4) is 0 Å². The molecule has 17 nitrogen and oxygen atoms in total. The molecule has 4 N–H and O–H groups in total. The second-order valence-corrected chi connectivity index (χ2v) is 24.5. The number of hydrogen-bond acceptors (Lipinski definition) is 10. The van der Waals surface area contributed by atoms with Gasteiger partial charge < -0.3 is 45.7 Å². The van der Waals surface area contributed by atoms with Gasteiger partial charge in [0, 0.05) is 23.2 Å². The second kappa shape index (κ2) is 30.4. The van der Waals surface area contributed by atoms with Gasteiger partial charge in [0.2, 0.25) is 41.4 Å². The van der Waals surface area contributed by atoms with Crippen molar-refractivity contribution in [3.63, 3.8) is 0 Å².